The van der Waals surface area contributed by atoms with Gasteiger partial charge in [0.05, 0.1) is 6.10 Å². The van der Waals surface area contributed by atoms with E-state index in [9.17, 15) is 4.39 Å². The van der Waals surface area contributed by atoms with E-state index >= 15 is 0 Å². The maximum Gasteiger partial charge on any atom is 0.165 e. The molecule has 0 aromatic heterocycles. The average molecular weight is 277 g/mol. The minimum Gasteiger partial charge on any atom is -0.487 e. The molecule has 20 heavy (non-hydrogen) atoms. The monoisotopic (exact) mass is 277 g/mol. The van der Waals surface area contributed by atoms with Gasteiger partial charge in [-0.05, 0) is 56.2 Å². The molecular formula is C17H24FNO. The molecule has 0 unspecified atom stereocenters. The van der Waals surface area contributed by atoms with Crippen LogP contribution >= 0.6 is 0 Å². The first-order valence-corrected chi connectivity index (χ1v) is 8.00. The number of nitrogens with one attached hydrogen (secondary N) is 1. The lowest BCUT2D eigenvalue weighted by atomic mass is 10.1. The standard InChI is InChI=1S/C17H24FNO/c18-16-11-13(12-19-14-8-9-14)7-10-17(16)20-15-5-3-1-2-4-6-15/h7,10-11,14-15,19H,1-6,8-9,12H2. The summed E-state index contributed by atoms with van der Waals surface area (Å²) in [6, 6.07) is 6.04. The molecule has 0 aliphatic heterocycles. The van der Waals surface area contributed by atoms with Crippen LogP contribution in [0.4, 0.5) is 4.39 Å². The molecule has 0 heterocycles. The van der Waals surface area contributed by atoms with Crippen LogP contribution in [0.2, 0.25) is 0 Å². The van der Waals surface area contributed by atoms with Crippen LogP contribution in [0, 0.1) is 5.82 Å². The Bertz CT molecular complexity index is 437. The van der Waals surface area contributed by atoms with E-state index < -0.39 is 0 Å². The molecule has 2 aliphatic rings. The zero-order chi connectivity index (χ0) is 13.8. The summed E-state index contributed by atoms with van der Waals surface area (Å²) < 4.78 is 20.0. The van der Waals surface area contributed by atoms with Gasteiger partial charge in [-0.2, -0.15) is 0 Å². The van der Waals surface area contributed by atoms with E-state index in [1.54, 1.807) is 12.1 Å². The van der Waals surface area contributed by atoms with Crippen molar-refractivity contribution < 1.29 is 9.13 Å². The van der Waals surface area contributed by atoms with Gasteiger partial charge in [-0.1, -0.05) is 18.9 Å². The highest BCUT2D eigenvalue weighted by molar-refractivity contribution is 5.29. The molecule has 0 amide bonds. The predicted molar refractivity (Wildman–Crippen MR) is 78.4 cm³/mol. The number of ether oxygens (including phenoxy) is 1. The maximum atomic E-state index is 14.1. The highest BCUT2D eigenvalue weighted by Crippen LogP contribution is 2.26. The Morgan fingerprint density at radius 3 is 2.45 bits per heavy atom. The third-order valence-corrected chi connectivity index (χ3v) is 4.26. The van der Waals surface area contributed by atoms with Crippen LogP contribution in [0.1, 0.15) is 56.9 Å². The fourth-order valence-electron chi connectivity index (χ4n) is 2.84. The zero-order valence-corrected chi connectivity index (χ0v) is 12.0. The fourth-order valence-corrected chi connectivity index (χ4v) is 2.84. The number of benzene rings is 1. The third-order valence-electron chi connectivity index (χ3n) is 4.26. The van der Waals surface area contributed by atoms with Gasteiger partial charge in [0.1, 0.15) is 0 Å². The highest BCUT2D eigenvalue weighted by atomic mass is 19.1. The Morgan fingerprint density at radius 1 is 1.05 bits per heavy atom. The Kier molecular flexibility index (Phi) is 4.56. The first-order valence-electron chi connectivity index (χ1n) is 8.00. The molecule has 3 rings (SSSR count). The maximum absolute atomic E-state index is 14.1. The number of rotatable bonds is 5. The van der Waals surface area contributed by atoms with Crippen LogP contribution in [0.15, 0.2) is 18.2 Å². The number of hydrogen-bond acceptors (Lipinski definition) is 2. The van der Waals surface area contributed by atoms with Crippen LogP contribution in [-0.2, 0) is 6.54 Å². The van der Waals surface area contributed by atoms with Crippen LogP contribution in [0.5, 0.6) is 5.75 Å². The van der Waals surface area contributed by atoms with Crippen molar-refractivity contribution in [1.82, 2.24) is 5.32 Å². The quantitative estimate of drug-likeness (QED) is 0.815. The van der Waals surface area contributed by atoms with Crippen molar-refractivity contribution >= 4 is 0 Å². The van der Waals surface area contributed by atoms with Gasteiger partial charge >= 0.3 is 0 Å². The van der Waals surface area contributed by atoms with Gasteiger partial charge in [0.15, 0.2) is 11.6 Å². The van der Waals surface area contributed by atoms with E-state index in [0.29, 0.717) is 11.8 Å². The number of halogens is 1. The number of hydrogen-bond donors (Lipinski definition) is 1. The molecule has 2 fully saturated rings. The Balaban J connectivity index is 1.57. The zero-order valence-electron chi connectivity index (χ0n) is 12.0. The first-order chi connectivity index (χ1) is 9.81. The van der Waals surface area contributed by atoms with Gasteiger partial charge in [0, 0.05) is 12.6 Å². The van der Waals surface area contributed by atoms with E-state index in [1.807, 2.05) is 6.07 Å². The van der Waals surface area contributed by atoms with E-state index in [0.717, 1.165) is 24.9 Å². The molecule has 1 N–H and O–H groups in total. The van der Waals surface area contributed by atoms with Gasteiger partial charge in [0.2, 0.25) is 0 Å². The lowest BCUT2D eigenvalue weighted by Gasteiger charge is -2.17. The van der Waals surface area contributed by atoms with Crippen LogP contribution in [0.25, 0.3) is 0 Å². The summed E-state index contributed by atoms with van der Waals surface area (Å²) in [6.07, 6.45) is 9.81. The summed E-state index contributed by atoms with van der Waals surface area (Å²) in [5.74, 6) is 0.205. The summed E-state index contributed by atoms with van der Waals surface area (Å²) in [5.41, 5.74) is 1.00. The molecule has 0 radical (unpaired) electrons. The Morgan fingerprint density at radius 2 is 1.80 bits per heavy atom. The molecule has 2 aliphatic carbocycles. The fraction of sp³-hybridized carbons (Fsp3) is 0.647. The minimum atomic E-state index is -0.218. The summed E-state index contributed by atoms with van der Waals surface area (Å²) >= 11 is 0. The van der Waals surface area contributed by atoms with Crippen LogP contribution in [0.3, 0.4) is 0 Å². The molecule has 0 saturated heterocycles. The minimum absolute atomic E-state index is 0.197. The molecule has 2 saturated carbocycles. The molecule has 1 aromatic rings. The Hall–Kier alpha value is -1.09. The van der Waals surface area contributed by atoms with E-state index in [-0.39, 0.29) is 11.9 Å². The van der Waals surface area contributed by atoms with Crippen LogP contribution in [-0.4, -0.2) is 12.1 Å². The molecule has 3 heteroatoms. The molecule has 0 bridgehead atoms. The lowest BCUT2D eigenvalue weighted by Crippen LogP contribution is -2.17. The van der Waals surface area contributed by atoms with Crippen molar-refractivity contribution in [2.24, 2.45) is 0 Å². The van der Waals surface area contributed by atoms with Crippen LogP contribution < -0.4 is 10.1 Å². The van der Waals surface area contributed by atoms with Crippen molar-refractivity contribution in [2.45, 2.75) is 70.1 Å². The molecule has 110 valence electrons. The van der Waals surface area contributed by atoms with Crippen molar-refractivity contribution in [3.63, 3.8) is 0 Å². The molecule has 1 aromatic carbocycles. The van der Waals surface area contributed by atoms with Crippen molar-refractivity contribution in [3.8, 4) is 5.75 Å². The van der Waals surface area contributed by atoms with Gasteiger partial charge in [-0.25, -0.2) is 4.39 Å². The smallest absolute Gasteiger partial charge is 0.165 e. The van der Waals surface area contributed by atoms with Gasteiger partial charge in [-0.3, -0.25) is 0 Å². The SMILES string of the molecule is Fc1cc(CNC2CC2)ccc1OC1CCCCCC1. The van der Waals surface area contributed by atoms with Gasteiger partial charge in [-0.15, -0.1) is 0 Å². The summed E-state index contributed by atoms with van der Waals surface area (Å²) in [4.78, 5) is 0. The average Bonchev–Trinajstić information content (AvgIpc) is 3.26. The summed E-state index contributed by atoms with van der Waals surface area (Å²) in [7, 11) is 0. The highest BCUT2D eigenvalue weighted by Gasteiger charge is 2.20. The van der Waals surface area contributed by atoms with E-state index in [1.165, 1.54) is 38.5 Å². The Labute approximate surface area is 120 Å². The summed E-state index contributed by atoms with van der Waals surface area (Å²) in [6.45, 7) is 0.755. The largest absolute Gasteiger partial charge is 0.487 e. The van der Waals surface area contributed by atoms with Crippen molar-refractivity contribution in [3.05, 3.63) is 29.6 Å². The van der Waals surface area contributed by atoms with Crippen molar-refractivity contribution in [1.29, 1.82) is 0 Å². The van der Waals surface area contributed by atoms with Gasteiger partial charge < -0.3 is 10.1 Å². The second-order valence-electron chi connectivity index (χ2n) is 6.15. The first kappa shape index (κ1) is 13.9. The third kappa shape index (κ3) is 3.95. The normalized spacial score (nSPS) is 20.6. The predicted octanol–water partition coefficient (Wildman–Crippen LogP) is 4.18. The van der Waals surface area contributed by atoms with E-state index in [4.69, 9.17) is 4.74 Å². The lowest BCUT2D eigenvalue weighted by molar-refractivity contribution is 0.176. The molecular weight excluding hydrogens is 253 g/mol. The van der Waals surface area contributed by atoms with Gasteiger partial charge in [0.25, 0.3) is 0 Å². The van der Waals surface area contributed by atoms with E-state index in [2.05, 4.69) is 5.32 Å². The molecule has 2 nitrogen and oxygen atoms in total. The molecule has 0 spiro atoms. The topological polar surface area (TPSA) is 21.3 Å². The van der Waals surface area contributed by atoms with Crippen molar-refractivity contribution in [2.75, 3.05) is 0 Å². The second-order valence-corrected chi connectivity index (χ2v) is 6.15. The summed E-state index contributed by atoms with van der Waals surface area (Å²) in [5, 5.41) is 3.40. The molecule has 0 atom stereocenters. The second kappa shape index (κ2) is 6.57.